The first-order valence-electron chi connectivity index (χ1n) is 10.3. The van der Waals surface area contributed by atoms with Crippen LogP contribution < -0.4 is 9.64 Å². The topological polar surface area (TPSA) is 58.6 Å². The molecule has 2 saturated heterocycles. The molecule has 6 nitrogen and oxygen atoms in total. The summed E-state index contributed by atoms with van der Waals surface area (Å²) in [5.74, 6) is 2.07. The highest BCUT2D eigenvalue weighted by Gasteiger charge is 2.30. The van der Waals surface area contributed by atoms with E-state index in [4.69, 9.17) is 4.74 Å². The van der Waals surface area contributed by atoms with Crippen LogP contribution in [0.1, 0.15) is 57.8 Å². The van der Waals surface area contributed by atoms with E-state index in [-0.39, 0.29) is 12.0 Å². The molecule has 1 aromatic rings. The number of piperidine rings is 1. The van der Waals surface area contributed by atoms with E-state index in [1.54, 1.807) is 6.20 Å². The van der Waals surface area contributed by atoms with Crippen LogP contribution in [0.5, 0.6) is 5.88 Å². The summed E-state index contributed by atoms with van der Waals surface area (Å²) in [5.41, 5.74) is 0. The fourth-order valence-corrected chi connectivity index (χ4v) is 4.45. The maximum Gasteiger partial charge on any atom is 0.234 e. The van der Waals surface area contributed by atoms with Crippen LogP contribution in [0.25, 0.3) is 0 Å². The number of nitrogens with zero attached hydrogens (tertiary/aromatic N) is 4. The van der Waals surface area contributed by atoms with Gasteiger partial charge in [0.15, 0.2) is 5.82 Å². The van der Waals surface area contributed by atoms with Crippen molar-refractivity contribution in [3.63, 3.8) is 0 Å². The van der Waals surface area contributed by atoms with Gasteiger partial charge in [0.25, 0.3) is 0 Å². The lowest BCUT2D eigenvalue weighted by Gasteiger charge is -2.33. The van der Waals surface area contributed by atoms with Gasteiger partial charge in [-0.15, -0.1) is 0 Å². The van der Waals surface area contributed by atoms with Crippen molar-refractivity contribution in [1.82, 2.24) is 14.9 Å². The summed E-state index contributed by atoms with van der Waals surface area (Å²) >= 11 is 0. The Labute approximate surface area is 155 Å². The first-order chi connectivity index (χ1) is 12.8. The standard InChI is InChI=1S/C20H30N4O2/c25-20(24-10-4-5-11-24)16-8-12-23(13-9-16)18-14-21-15-19(22-18)26-17-6-2-1-3-7-17/h14-17H,1-13H2. The molecule has 0 unspecified atom stereocenters. The minimum Gasteiger partial charge on any atom is -0.473 e. The molecule has 0 bridgehead atoms. The second-order valence-corrected chi connectivity index (χ2v) is 7.89. The number of amides is 1. The molecule has 0 N–H and O–H groups in total. The highest BCUT2D eigenvalue weighted by atomic mass is 16.5. The van der Waals surface area contributed by atoms with Gasteiger partial charge in [0.2, 0.25) is 11.8 Å². The maximum atomic E-state index is 12.6. The van der Waals surface area contributed by atoms with Crippen molar-refractivity contribution in [2.45, 2.75) is 63.9 Å². The molecule has 1 aromatic heterocycles. The monoisotopic (exact) mass is 358 g/mol. The molecule has 0 atom stereocenters. The average Bonchev–Trinajstić information content (AvgIpc) is 3.23. The summed E-state index contributed by atoms with van der Waals surface area (Å²) in [5, 5.41) is 0. The Bertz CT molecular complexity index is 604. The van der Waals surface area contributed by atoms with Crippen LogP contribution in [-0.4, -0.2) is 53.1 Å². The Hall–Kier alpha value is -1.85. The Morgan fingerprint density at radius 3 is 2.38 bits per heavy atom. The number of anilines is 1. The molecule has 1 amide bonds. The Morgan fingerprint density at radius 2 is 1.65 bits per heavy atom. The minimum atomic E-state index is 0.180. The number of aromatic nitrogens is 2. The van der Waals surface area contributed by atoms with Crippen LogP contribution in [0.4, 0.5) is 5.82 Å². The van der Waals surface area contributed by atoms with Crippen LogP contribution in [0.15, 0.2) is 12.4 Å². The molecule has 3 aliphatic rings. The summed E-state index contributed by atoms with van der Waals surface area (Å²) in [7, 11) is 0. The van der Waals surface area contributed by atoms with Crippen LogP contribution >= 0.6 is 0 Å². The van der Waals surface area contributed by atoms with E-state index in [1.165, 1.54) is 19.3 Å². The third-order valence-electron chi connectivity index (χ3n) is 6.03. The zero-order valence-electron chi connectivity index (χ0n) is 15.6. The lowest BCUT2D eigenvalue weighted by molar-refractivity contribution is -0.135. The molecule has 4 rings (SSSR count). The zero-order valence-corrected chi connectivity index (χ0v) is 15.6. The van der Waals surface area contributed by atoms with E-state index in [1.807, 2.05) is 6.20 Å². The van der Waals surface area contributed by atoms with Crippen LogP contribution in [-0.2, 0) is 4.79 Å². The van der Waals surface area contributed by atoms with Gasteiger partial charge >= 0.3 is 0 Å². The molecule has 0 spiro atoms. The van der Waals surface area contributed by atoms with Crippen molar-refractivity contribution in [2.24, 2.45) is 5.92 Å². The van der Waals surface area contributed by atoms with Gasteiger partial charge < -0.3 is 14.5 Å². The molecule has 1 saturated carbocycles. The largest absolute Gasteiger partial charge is 0.473 e. The molecule has 142 valence electrons. The zero-order chi connectivity index (χ0) is 17.8. The first-order valence-corrected chi connectivity index (χ1v) is 10.3. The molecule has 1 aliphatic carbocycles. The van der Waals surface area contributed by atoms with E-state index < -0.39 is 0 Å². The van der Waals surface area contributed by atoms with Gasteiger partial charge in [-0.1, -0.05) is 6.42 Å². The summed E-state index contributed by atoms with van der Waals surface area (Å²) in [6.07, 6.45) is 14.0. The molecule has 0 aromatic carbocycles. The number of hydrogen-bond acceptors (Lipinski definition) is 5. The van der Waals surface area contributed by atoms with E-state index in [0.29, 0.717) is 11.8 Å². The lowest BCUT2D eigenvalue weighted by Crippen LogP contribution is -2.42. The minimum absolute atomic E-state index is 0.180. The second-order valence-electron chi connectivity index (χ2n) is 7.89. The van der Waals surface area contributed by atoms with Crippen LogP contribution in [0, 0.1) is 5.92 Å². The number of carbonyl (C=O) groups excluding carboxylic acids is 1. The van der Waals surface area contributed by atoms with Crippen molar-refractivity contribution >= 4 is 11.7 Å². The third kappa shape index (κ3) is 4.10. The Kier molecular flexibility index (Phi) is 5.56. The van der Waals surface area contributed by atoms with E-state index in [0.717, 1.165) is 70.5 Å². The molecule has 3 fully saturated rings. The van der Waals surface area contributed by atoms with Gasteiger partial charge in [-0.05, 0) is 51.4 Å². The van der Waals surface area contributed by atoms with Crippen LogP contribution in [0.2, 0.25) is 0 Å². The SMILES string of the molecule is O=C(C1CCN(c2cncc(OC3CCCCC3)n2)CC1)N1CCCC1. The van der Waals surface area contributed by atoms with Gasteiger partial charge in [0.1, 0.15) is 6.10 Å². The van der Waals surface area contributed by atoms with Gasteiger partial charge in [-0.3, -0.25) is 9.78 Å². The van der Waals surface area contributed by atoms with E-state index in [9.17, 15) is 4.79 Å². The number of ether oxygens (including phenoxy) is 1. The van der Waals surface area contributed by atoms with Crippen molar-refractivity contribution in [3.8, 4) is 5.88 Å². The second kappa shape index (κ2) is 8.23. The van der Waals surface area contributed by atoms with E-state index in [2.05, 4.69) is 19.8 Å². The third-order valence-corrected chi connectivity index (χ3v) is 6.03. The van der Waals surface area contributed by atoms with Crippen molar-refractivity contribution in [2.75, 3.05) is 31.1 Å². The van der Waals surface area contributed by atoms with E-state index >= 15 is 0 Å². The van der Waals surface area contributed by atoms with Crippen molar-refractivity contribution in [1.29, 1.82) is 0 Å². The Balaban J connectivity index is 1.32. The fraction of sp³-hybridized carbons (Fsp3) is 0.750. The van der Waals surface area contributed by atoms with Gasteiger partial charge in [-0.25, -0.2) is 0 Å². The summed E-state index contributed by atoms with van der Waals surface area (Å²) < 4.78 is 6.05. The average molecular weight is 358 g/mol. The van der Waals surface area contributed by atoms with Gasteiger partial charge in [0, 0.05) is 32.1 Å². The molecule has 26 heavy (non-hydrogen) atoms. The number of rotatable bonds is 4. The summed E-state index contributed by atoms with van der Waals surface area (Å²) in [6.45, 7) is 3.63. The Morgan fingerprint density at radius 1 is 0.923 bits per heavy atom. The predicted octanol–water partition coefficient (Wildman–Crippen LogP) is 3.03. The van der Waals surface area contributed by atoms with Crippen LogP contribution in [0.3, 0.4) is 0 Å². The first kappa shape index (κ1) is 17.6. The number of likely N-dealkylation sites (tertiary alicyclic amines) is 1. The van der Waals surface area contributed by atoms with Gasteiger partial charge in [0.05, 0.1) is 12.4 Å². The summed E-state index contributed by atoms with van der Waals surface area (Å²) in [6, 6.07) is 0. The predicted molar refractivity (Wildman–Crippen MR) is 100 cm³/mol. The number of hydrogen-bond donors (Lipinski definition) is 0. The highest BCUT2D eigenvalue weighted by Crippen LogP contribution is 2.27. The highest BCUT2D eigenvalue weighted by molar-refractivity contribution is 5.79. The summed E-state index contributed by atoms with van der Waals surface area (Å²) in [4.78, 5) is 25.9. The maximum absolute atomic E-state index is 12.6. The molecule has 3 heterocycles. The number of carbonyl (C=O) groups is 1. The molecule has 0 radical (unpaired) electrons. The normalized spacial score (nSPS) is 22.6. The van der Waals surface area contributed by atoms with Gasteiger partial charge in [-0.2, -0.15) is 4.98 Å². The molecule has 6 heteroatoms. The molecular formula is C20H30N4O2. The quantitative estimate of drug-likeness (QED) is 0.828. The fourth-order valence-electron chi connectivity index (χ4n) is 4.45. The van der Waals surface area contributed by atoms with Crippen molar-refractivity contribution < 1.29 is 9.53 Å². The van der Waals surface area contributed by atoms with Crippen molar-refractivity contribution in [3.05, 3.63) is 12.4 Å². The lowest BCUT2D eigenvalue weighted by atomic mass is 9.95. The smallest absolute Gasteiger partial charge is 0.234 e. The molecular weight excluding hydrogens is 328 g/mol. The molecule has 2 aliphatic heterocycles.